The van der Waals surface area contributed by atoms with Crippen molar-refractivity contribution in [2.45, 2.75) is 31.3 Å². The second kappa shape index (κ2) is 5.04. The minimum atomic E-state index is 0.287. The first kappa shape index (κ1) is 11.7. The van der Waals surface area contributed by atoms with Gasteiger partial charge in [0.15, 0.2) is 5.78 Å². The molecule has 0 atom stereocenters. The summed E-state index contributed by atoms with van der Waals surface area (Å²) < 4.78 is 0. The minimum absolute atomic E-state index is 0.287. The summed E-state index contributed by atoms with van der Waals surface area (Å²) >= 11 is 2.00. The third-order valence-electron chi connectivity index (χ3n) is 3.24. The summed E-state index contributed by atoms with van der Waals surface area (Å²) in [6, 6.07) is 8.02. The molecule has 1 aromatic rings. The van der Waals surface area contributed by atoms with Gasteiger partial charge in [0.1, 0.15) is 0 Å². The molecule has 3 rings (SSSR count). The van der Waals surface area contributed by atoms with E-state index >= 15 is 0 Å². The van der Waals surface area contributed by atoms with Gasteiger partial charge in [0, 0.05) is 11.1 Å². The van der Waals surface area contributed by atoms with E-state index in [4.69, 9.17) is 0 Å². The quantitative estimate of drug-likeness (QED) is 0.594. The van der Waals surface area contributed by atoms with Gasteiger partial charge in [-0.05, 0) is 36.8 Å². The number of benzene rings is 1. The fourth-order valence-corrected chi connectivity index (χ4v) is 2.56. The molecular weight excluding hydrogens is 191 g/mol. The first-order chi connectivity index (χ1) is 7.88. The predicted octanol–water partition coefficient (Wildman–Crippen LogP) is 3.41. The van der Waals surface area contributed by atoms with E-state index in [9.17, 15) is 4.79 Å². The van der Waals surface area contributed by atoms with Gasteiger partial charge >= 0.3 is 23.3 Å². The molecule has 1 nitrogen and oxygen atoms in total. The Morgan fingerprint density at radius 1 is 0.938 bits per heavy atom. The maximum atomic E-state index is 12.0. The van der Waals surface area contributed by atoms with Crippen LogP contribution < -0.4 is 0 Å². The molecule has 0 fully saturated rings. The number of ketones is 1. The molecule has 0 spiro atoms. The molecule has 0 heterocycles. The van der Waals surface area contributed by atoms with E-state index in [2.05, 4.69) is 6.07 Å². The van der Waals surface area contributed by atoms with Crippen LogP contribution in [0.25, 0.3) is 5.57 Å². The van der Waals surface area contributed by atoms with Crippen molar-refractivity contribution < 1.29 is 4.79 Å². The third-order valence-corrected chi connectivity index (χ3v) is 3.24. The van der Waals surface area contributed by atoms with Gasteiger partial charge < -0.3 is 0 Å². The molecule has 1 aromatic carbocycles. The van der Waals surface area contributed by atoms with Crippen molar-refractivity contribution >= 4 is 29.1 Å². The number of Topliss-reactive ketones (excluding diaryl/α,β-unsaturated/α-hetero) is 1. The molecule has 16 heavy (non-hydrogen) atoms. The van der Waals surface area contributed by atoms with Gasteiger partial charge in [0.05, 0.1) is 0 Å². The van der Waals surface area contributed by atoms with Crippen LogP contribution in [0.4, 0.5) is 0 Å². The topological polar surface area (TPSA) is 17.1 Å². The Kier molecular flexibility index (Phi) is 3.69. The van der Waals surface area contributed by atoms with Crippen molar-refractivity contribution in [2.75, 3.05) is 0 Å². The van der Waals surface area contributed by atoms with Crippen molar-refractivity contribution in [1.29, 1.82) is 0 Å². The van der Waals surface area contributed by atoms with Crippen LogP contribution >= 0.6 is 0 Å². The number of allylic oxidation sites excluding steroid dienone is 2. The van der Waals surface area contributed by atoms with Crippen molar-refractivity contribution in [1.82, 2.24) is 0 Å². The van der Waals surface area contributed by atoms with Crippen molar-refractivity contribution in [3.05, 3.63) is 41.0 Å². The molecule has 0 saturated heterocycles. The summed E-state index contributed by atoms with van der Waals surface area (Å²) in [5, 5.41) is 0. The zero-order chi connectivity index (χ0) is 11.5. The van der Waals surface area contributed by atoms with Gasteiger partial charge in [-0.2, -0.15) is 0 Å². The van der Waals surface area contributed by atoms with Crippen LogP contribution in [0.2, 0.25) is 5.60 Å². The Morgan fingerprint density at radius 2 is 1.50 bits per heavy atom. The zero-order valence-corrected chi connectivity index (χ0v) is 10.0. The van der Waals surface area contributed by atoms with E-state index in [1.54, 1.807) is 0 Å². The van der Waals surface area contributed by atoms with E-state index in [-0.39, 0.29) is 5.78 Å². The van der Waals surface area contributed by atoms with Gasteiger partial charge in [0.25, 0.3) is 0 Å². The predicted molar refractivity (Wildman–Crippen MR) is 67.8 cm³/mol. The summed E-state index contributed by atoms with van der Waals surface area (Å²) in [5.74, 6) is 0.287. The van der Waals surface area contributed by atoms with Crippen LogP contribution in [0.15, 0.2) is 29.8 Å². The molecule has 0 saturated carbocycles. The standard InChI is InChI=1S/C13H12O.CH3.Li/c14-13-11-7-3-1-5-9(11)10-6-2-4-8-12(10)13;;/h1,3,5,7H,2,4,6,8H2;1H3;. The van der Waals surface area contributed by atoms with E-state index in [1.807, 2.05) is 41.5 Å². The molecule has 2 aliphatic rings. The van der Waals surface area contributed by atoms with Gasteiger partial charge in [-0.15, -0.1) is 0 Å². The van der Waals surface area contributed by atoms with E-state index in [0.29, 0.717) is 0 Å². The van der Waals surface area contributed by atoms with Crippen LogP contribution in [0.5, 0.6) is 0 Å². The maximum absolute atomic E-state index is 12.0. The van der Waals surface area contributed by atoms with E-state index < -0.39 is 0 Å². The van der Waals surface area contributed by atoms with Gasteiger partial charge in [-0.25, -0.2) is 0 Å². The normalized spacial score (nSPS) is 17.6. The molecular formula is C14H15LiO. The van der Waals surface area contributed by atoms with Crippen LogP contribution in [0, 0.1) is 0 Å². The third kappa shape index (κ3) is 1.79. The Balaban J connectivity index is 0.000000457. The average molecular weight is 206 g/mol. The molecule has 2 aliphatic carbocycles. The number of hydrogen-bond donors (Lipinski definition) is 0. The molecule has 0 aromatic heterocycles. The van der Waals surface area contributed by atoms with Gasteiger partial charge in [-0.3, -0.25) is 4.79 Å². The number of carbonyl (C=O) groups excluding carboxylic acids is 1. The summed E-state index contributed by atoms with van der Waals surface area (Å²) in [7, 11) is 0. The molecule has 0 radical (unpaired) electrons. The van der Waals surface area contributed by atoms with Crippen molar-refractivity contribution in [3.63, 3.8) is 0 Å². The summed E-state index contributed by atoms with van der Waals surface area (Å²) in [4.78, 5) is 12.0. The number of hydrogen-bond acceptors (Lipinski definition) is 1. The number of fused-ring (bicyclic) bond motifs is 2. The molecule has 0 bridgehead atoms. The average Bonchev–Trinajstić information content (AvgIpc) is 2.67. The van der Waals surface area contributed by atoms with Crippen molar-refractivity contribution in [2.24, 2.45) is 0 Å². The molecule has 0 aliphatic heterocycles. The van der Waals surface area contributed by atoms with Gasteiger partial charge in [0.2, 0.25) is 0 Å². The summed E-state index contributed by atoms with van der Waals surface area (Å²) in [6.45, 7) is 0. The fourth-order valence-electron chi connectivity index (χ4n) is 2.56. The second-order valence-corrected chi connectivity index (χ2v) is 4.04. The number of carbonyl (C=O) groups is 1. The Labute approximate surface area is 106 Å². The molecule has 0 unspecified atom stereocenters. The molecule has 0 N–H and O–H groups in total. The van der Waals surface area contributed by atoms with Crippen LogP contribution in [0.1, 0.15) is 41.6 Å². The Morgan fingerprint density at radius 3 is 2.19 bits per heavy atom. The van der Waals surface area contributed by atoms with Crippen LogP contribution in [0.3, 0.4) is 0 Å². The molecule has 78 valence electrons. The van der Waals surface area contributed by atoms with E-state index in [1.165, 1.54) is 24.0 Å². The SMILES string of the molecule is O=C1C2=C(CCCC2)c2ccccc21.[Li][CH3]. The monoisotopic (exact) mass is 206 g/mol. The summed E-state index contributed by atoms with van der Waals surface area (Å²) in [6.07, 6.45) is 4.50. The van der Waals surface area contributed by atoms with Gasteiger partial charge in [-0.1, -0.05) is 24.3 Å². The first-order valence-corrected chi connectivity index (χ1v) is 6.24. The zero-order valence-electron chi connectivity index (χ0n) is 10.0. The van der Waals surface area contributed by atoms with Crippen molar-refractivity contribution in [3.8, 4) is 0 Å². The molecule has 2 heteroatoms. The molecule has 0 amide bonds. The number of rotatable bonds is 0. The summed E-state index contributed by atoms with van der Waals surface area (Å²) in [5.41, 5.74) is 6.56. The van der Waals surface area contributed by atoms with Crippen LogP contribution in [-0.2, 0) is 0 Å². The van der Waals surface area contributed by atoms with Crippen LogP contribution in [-0.4, -0.2) is 23.5 Å². The van der Waals surface area contributed by atoms with E-state index in [0.717, 1.165) is 24.0 Å². The Hall–Kier alpha value is -0.773. The second-order valence-electron chi connectivity index (χ2n) is 4.04. The Bertz CT molecular complexity index is 446. The fraction of sp³-hybridized carbons (Fsp3) is 0.357. The first-order valence-electron chi connectivity index (χ1n) is 6.24.